The summed E-state index contributed by atoms with van der Waals surface area (Å²) in [5.74, 6) is 0.595. The molecular weight excluding hydrogens is 542 g/mol. The van der Waals surface area contributed by atoms with E-state index in [2.05, 4.69) is 20.0 Å². The molecule has 0 radical (unpaired) electrons. The van der Waals surface area contributed by atoms with Crippen LogP contribution in [0.4, 0.5) is 17.1 Å². The predicted molar refractivity (Wildman–Crippen MR) is 151 cm³/mol. The Balaban J connectivity index is 1.50. The first-order chi connectivity index (χ1) is 18.7. The second kappa shape index (κ2) is 10.7. The van der Waals surface area contributed by atoms with Crippen LogP contribution in [0.25, 0.3) is 10.2 Å². The fraction of sp³-hybridized carbons (Fsp3) is 0.269. The first-order valence-corrected chi connectivity index (χ1v) is 14.4. The number of anilines is 3. The molecule has 204 valence electrons. The average molecular weight is 570 g/mol. The number of aromatic amines is 1. The van der Waals surface area contributed by atoms with Crippen molar-refractivity contribution in [3.05, 3.63) is 69.1 Å². The quantitative estimate of drug-likeness (QED) is 0.307. The third kappa shape index (κ3) is 5.46. The van der Waals surface area contributed by atoms with Gasteiger partial charge in [-0.05, 0) is 61.9 Å². The largest absolute Gasteiger partial charge is 0.497 e. The number of rotatable bonds is 7. The van der Waals surface area contributed by atoms with Crippen molar-refractivity contribution < 1.29 is 22.7 Å². The van der Waals surface area contributed by atoms with Crippen LogP contribution in [0.5, 0.6) is 5.75 Å². The van der Waals surface area contributed by atoms with Crippen LogP contribution in [0.1, 0.15) is 21.1 Å². The van der Waals surface area contributed by atoms with Crippen LogP contribution < -0.4 is 25.2 Å². The Bertz CT molecular complexity index is 1710. The van der Waals surface area contributed by atoms with E-state index >= 15 is 0 Å². The minimum atomic E-state index is -4.05. The molecule has 5 rings (SSSR count). The first-order valence-electron chi connectivity index (χ1n) is 12.1. The zero-order valence-corrected chi connectivity index (χ0v) is 23.2. The van der Waals surface area contributed by atoms with Gasteiger partial charge in [0.1, 0.15) is 21.3 Å². The van der Waals surface area contributed by atoms with Gasteiger partial charge in [0.15, 0.2) is 0 Å². The van der Waals surface area contributed by atoms with E-state index in [0.717, 1.165) is 11.3 Å². The monoisotopic (exact) mass is 569 g/mol. The van der Waals surface area contributed by atoms with Gasteiger partial charge in [0.2, 0.25) is 0 Å². The van der Waals surface area contributed by atoms with Gasteiger partial charge in [-0.1, -0.05) is 0 Å². The minimum absolute atomic E-state index is 0.0137. The Hall–Kier alpha value is -3.94. The molecule has 0 aliphatic carbocycles. The molecule has 39 heavy (non-hydrogen) atoms. The van der Waals surface area contributed by atoms with Gasteiger partial charge >= 0.3 is 0 Å². The molecule has 2 aromatic carbocycles. The van der Waals surface area contributed by atoms with Gasteiger partial charge in [0.05, 0.1) is 36.3 Å². The number of carbonyl (C=O) groups is 1. The van der Waals surface area contributed by atoms with Gasteiger partial charge in [0.25, 0.3) is 21.5 Å². The molecule has 13 heteroatoms. The number of H-pyrrole nitrogens is 1. The molecule has 2 aromatic heterocycles. The molecule has 1 saturated heterocycles. The number of methoxy groups -OCH3 is 1. The lowest BCUT2D eigenvalue weighted by molar-refractivity contribution is 0.103. The van der Waals surface area contributed by atoms with Crippen LogP contribution in [0, 0.1) is 13.8 Å². The van der Waals surface area contributed by atoms with Gasteiger partial charge in [-0.3, -0.25) is 14.3 Å². The second-order valence-corrected chi connectivity index (χ2v) is 11.6. The third-order valence-corrected chi connectivity index (χ3v) is 8.92. The highest BCUT2D eigenvalue weighted by molar-refractivity contribution is 7.92. The lowest BCUT2D eigenvalue weighted by Crippen LogP contribution is -2.37. The number of carbonyl (C=O) groups excluding carboxylic acids is 1. The van der Waals surface area contributed by atoms with E-state index in [-0.39, 0.29) is 10.5 Å². The predicted octanol–water partition coefficient (Wildman–Crippen LogP) is 3.50. The van der Waals surface area contributed by atoms with Gasteiger partial charge in [-0.25, -0.2) is 13.4 Å². The van der Waals surface area contributed by atoms with Crippen molar-refractivity contribution in [2.75, 3.05) is 48.4 Å². The summed E-state index contributed by atoms with van der Waals surface area (Å²) in [6.45, 7) is 5.37. The summed E-state index contributed by atoms with van der Waals surface area (Å²) in [5, 5.41) is 3.16. The minimum Gasteiger partial charge on any atom is -0.497 e. The number of fused-ring (bicyclic) bond motifs is 1. The molecule has 0 unspecified atom stereocenters. The number of aryl methyl sites for hydroxylation is 2. The number of benzene rings is 2. The molecule has 1 amide bonds. The fourth-order valence-corrected chi connectivity index (χ4v) is 6.83. The summed E-state index contributed by atoms with van der Waals surface area (Å²) < 4.78 is 40.4. The molecule has 1 aliphatic rings. The van der Waals surface area contributed by atoms with Crippen molar-refractivity contribution in [3.8, 4) is 5.75 Å². The number of aromatic nitrogens is 2. The highest BCUT2D eigenvalue weighted by Gasteiger charge is 2.25. The van der Waals surface area contributed by atoms with Gasteiger partial charge in [-0.2, -0.15) is 0 Å². The third-order valence-electron chi connectivity index (χ3n) is 6.33. The molecular formula is C26H27N5O6S2. The zero-order valence-electron chi connectivity index (χ0n) is 21.5. The van der Waals surface area contributed by atoms with Crippen molar-refractivity contribution in [3.63, 3.8) is 0 Å². The number of ether oxygens (including phenoxy) is 2. The molecule has 11 nitrogen and oxygen atoms in total. The molecule has 0 spiro atoms. The Morgan fingerprint density at radius 2 is 1.79 bits per heavy atom. The van der Waals surface area contributed by atoms with Crippen molar-refractivity contribution in [2.24, 2.45) is 0 Å². The van der Waals surface area contributed by atoms with Crippen molar-refractivity contribution in [2.45, 2.75) is 18.7 Å². The molecule has 3 heterocycles. The highest BCUT2D eigenvalue weighted by Crippen LogP contribution is 2.32. The molecule has 1 aliphatic heterocycles. The molecule has 3 N–H and O–H groups in total. The topological polar surface area (TPSA) is 143 Å². The van der Waals surface area contributed by atoms with E-state index in [1.807, 2.05) is 4.90 Å². The number of hydrogen-bond acceptors (Lipinski definition) is 9. The van der Waals surface area contributed by atoms with Crippen LogP contribution in [-0.4, -0.2) is 57.7 Å². The molecule has 0 bridgehead atoms. The van der Waals surface area contributed by atoms with Gasteiger partial charge < -0.3 is 24.7 Å². The lowest BCUT2D eigenvalue weighted by Gasteiger charge is -2.30. The lowest BCUT2D eigenvalue weighted by atomic mass is 10.2. The SMILES string of the molecule is COc1ccc(NS(=O)(=O)c2cc(NC(=O)c3sc4nc(C)[nH]c(=O)c4c3C)ccc2N2CCOCC2)cc1. The van der Waals surface area contributed by atoms with E-state index in [0.29, 0.717) is 75.6 Å². The smallest absolute Gasteiger partial charge is 0.266 e. The van der Waals surface area contributed by atoms with Gasteiger partial charge in [0, 0.05) is 24.5 Å². The van der Waals surface area contributed by atoms with Crippen LogP contribution in [0.2, 0.25) is 0 Å². The van der Waals surface area contributed by atoms with Gasteiger partial charge in [-0.15, -0.1) is 11.3 Å². The maximum Gasteiger partial charge on any atom is 0.266 e. The maximum atomic E-state index is 13.6. The Morgan fingerprint density at radius 1 is 1.10 bits per heavy atom. The van der Waals surface area contributed by atoms with Crippen molar-refractivity contribution >= 4 is 54.5 Å². The summed E-state index contributed by atoms with van der Waals surface area (Å²) in [6, 6.07) is 11.3. The van der Waals surface area contributed by atoms with Crippen LogP contribution in [0.15, 0.2) is 52.2 Å². The first kappa shape index (κ1) is 26.7. The molecule has 0 atom stereocenters. The van der Waals surface area contributed by atoms with Crippen molar-refractivity contribution in [1.29, 1.82) is 0 Å². The van der Waals surface area contributed by atoms with E-state index in [9.17, 15) is 18.0 Å². The summed E-state index contributed by atoms with van der Waals surface area (Å²) in [4.78, 5) is 35.4. The van der Waals surface area contributed by atoms with Crippen molar-refractivity contribution in [1.82, 2.24) is 9.97 Å². The molecule has 1 fully saturated rings. The van der Waals surface area contributed by atoms with E-state index in [1.54, 1.807) is 50.2 Å². The highest BCUT2D eigenvalue weighted by atomic mass is 32.2. The number of hydrogen-bond donors (Lipinski definition) is 3. The number of nitrogens with one attached hydrogen (secondary N) is 3. The zero-order chi connectivity index (χ0) is 27.7. The summed E-state index contributed by atoms with van der Waals surface area (Å²) >= 11 is 1.11. The van der Waals surface area contributed by atoms with Crippen LogP contribution in [0.3, 0.4) is 0 Å². The second-order valence-electron chi connectivity index (χ2n) is 8.96. The summed E-state index contributed by atoms with van der Waals surface area (Å²) in [7, 11) is -2.52. The summed E-state index contributed by atoms with van der Waals surface area (Å²) in [6.07, 6.45) is 0. The number of amides is 1. The fourth-order valence-electron chi connectivity index (χ4n) is 4.40. The van der Waals surface area contributed by atoms with E-state index in [1.165, 1.54) is 13.2 Å². The number of thiophene rings is 1. The maximum absolute atomic E-state index is 13.6. The van der Waals surface area contributed by atoms with E-state index < -0.39 is 15.9 Å². The molecule has 0 saturated carbocycles. The normalized spacial score (nSPS) is 13.9. The number of nitrogens with zero attached hydrogens (tertiary/aromatic N) is 2. The van der Waals surface area contributed by atoms with Crippen LogP contribution in [-0.2, 0) is 14.8 Å². The molecule has 4 aromatic rings. The standard InChI is InChI=1S/C26H27N5O6S2/c1-15-22-24(32)27-16(2)28-26(22)38-23(15)25(33)29-18-6-9-20(31-10-12-37-13-11-31)21(14-18)39(34,35)30-17-4-7-19(36-3)8-5-17/h4-9,14,30H,10-13H2,1-3H3,(H,29,33)(H,27,28,32). The Kier molecular flexibility index (Phi) is 7.30. The Labute approximate surface area is 228 Å². The van der Waals surface area contributed by atoms with Crippen LogP contribution >= 0.6 is 11.3 Å². The number of morpholine rings is 1. The number of sulfonamides is 1. The Morgan fingerprint density at radius 3 is 2.49 bits per heavy atom. The average Bonchev–Trinajstić information content (AvgIpc) is 3.25. The summed E-state index contributed by atoms with van der Waals surface area (Å²) in [5.41, 5.74) is 1.37. The van der Waals surface area contributed by atoms with E-state index in [4.69, 9.17) is 9.47 Å².